The molecule has 0 aromatic heterocycles. The molecule has 12 heteroatoms. The molecule has 1 saturated heterocycles. The van der Waals surface area contributed by atoms with E-state index in [0.29, 0.717) is 6.42 Å². The Morgan fingerprint density at radius 3 is 2.44 bits per heavy atom. The zero-order valence-electron chi connectivity index (χ0n) is 17.8. The Morgan fingerprint density at radius 2 is 1.78 bits per heavy atom. The van der Waals surface area contributed by atoms with E-state index >= 15 is 0 Å². The van der Waals surface area contributed by atoms with Crippen molar-refractivity contribution in [3.8, 4) is 0 Å². The van der Waals surface area contributed by atoms with Gasteiger partial charge in [-0.2, -0.15) is 0 Å². The highest BCUT2D eigenvalue weighted by Gasteiger charge is 2.48. The SMILES string of the molecule is CCCCCCCC(=O)OC[C@H](O)[C@H]1OC(=O)C(O[C@@H]2OC(CO)[C@@H](O)C(O)[C@@H]2O)=C1O. The third-order valence-electron chi connectivity index (χ3n) is 5.25. The highest BCUT2D eigenvalue weighted by molar-refractivity contribution is 5.89. The summed E-state index contributed by atoms with van der Waals surface area (Å²) >= 11 is 0. The number of carbonyl (C=O) groups excluding carboxylic acids is 2. The minimum atomic E-state index is -1.82. The molecule has 12 nitrogen and oxygen atoms in total. The van der Waals surface area contributed by atoms with E-state index in [4.69, 9.17) is 18.9 Å². The van der Waals surface area contributed by atoms with Crippen LogP contribution in [0.2, 0.25) is 0 Å². The first-order chi connectivity index (χ1) is 15.2. The summed E-state index contributed by atoms with van der Waals surface area (Å²) in [5.41, 5.74) is 0. The summed E-state index contributed by atoms with van der Waals surface area (Å²) in [4.78, 5) is 23.8. The number of ether oxygens (including phenoxy) is 4. The van der Waals surface area contributed by atoms with Gasteiger partial charge in [-0.3, -0.25) is 4.79 Å². The number of aliphatic hydroxyl groups excluding tert-OH is 6. The van der Waals surface area contributed by atoms with Crippen molar-refractivity contribution in [2.75, 3.05) is 13.2 Å². The normalized spacial score (nSPS) is 31.4. The third kappa shape index (κ3) is 6.53. The van der Waals surface area contributed by atoms with Crippen molar-refractivity contribution in [1.82, 2.24) is 0 Å². The second-order valence-corrected chi connectivity index (χ2v) is 7.77. The van der Waals surface area contributed by atoms with E-state index < -0.39 is 79.6 Å². The van der Waals surface area contributed by atoms with Crippen molar-refractivity contribution in [2.45, 2.75) is 88.4 Å². The van der Waals surface area contributed by atoms with Crippen LogP contribution in [0.5, 0.6) is 0 Å². The predicted molar refractivity (Wildman–Crippen MR) is 105 cm³/mol. The molecule has 0 saturated carbocycles. The lowest BCUT2D eigenvalue weighted by Gasteiger charge is -2.39. The van der Waals surface area contributed by atoms with Gasteiger partial charge < -0.3 is 49.6 Å². The van der Waals surface area contributed by atoms with Gasteiger partial charge >= 0.3 is 11.9 Å². The monoisotopic (exact) mass is 464 g/mol. The fourth-order valence-corrected chi connectivity index (χ4v) is 3.32. The Hall–Kier alpha value is -1.96. The second kappa shape index (κ2) is 12.3. The molecule has 0 amide bonds. The van der Waals surface area contributed by atoms with Crippen molar-refractivity contribution in [3.63, 3.8) is 0 Å². The maximum absolute atomic E-state index is 12.1. The molecule has 184 valence electrons. The van der Waals surface area contributed by atoms with Crippen molar-refractivity contribution < 1.29 is 59.2 Å². The van der Waals surface area contributed by atoms with Crippen LogP contribution >= 0.6 is 0 Å². The summed E-state index contributed by atoms with van der Waals surface area (Å²) in [6, 6.07) is 0. The van der Waals surface area contributed by atoms with Crippen LogP contribution < -0.4 is 0 Å². The molecule has 0 spiro atoms. The van der Waals surface area contributed by atoms with Crippen LogP contribution in [0.1, 0.15) is 45.4 Å². The largest absolute Gasteiger partial charge is 0.505 e. The highest BCUT2D eigenvalue weighted by atomic mass is 16.7. The van der Waals surface area contributed by atoms with Crippen molar-refractivity contribution in [1.29, 1.82) is 0 Å². The molecule has 2 rings (SSSR count). The second-order valence-electron chi connectivity index (χ2n) is 7.77. The van der Waals surface area contributed by atoms with Crippen LogP contribution in [0.15, 0.2) is 11.5 Å². The third-order valence-corrected chi connectivity index (χ3v) is 5.25. The number of rotatable bonds is 12. The molecule has 0 aromatic rings. The average Bonchev–Trinajstić information content (AvgIpc) is 3.05. The number of unbranched alkanes of at least 4 members (excludes halogenated alkanes) is 4. The first kappa shape index (κ1) is 26.3. The molecule has 0 aromatic carbocycles. The van der Waals surface area contributed by atoms with Gasteiger partial charge in [0.05, 0.1) is 6.61 Å². The molecule has 6 N–H and O–H groups in total. The van der Waals surface area contributed by atoms with Crippen LogP contribution in [-0.4, -0.2) is 98.7 Å². The Labute approximate surface area is 185 Å². The lowest BCUT2D eigenvalue weighted by molar-refractivity contribution is -0.291. The van der Waals surface area contributed by atoms with Crippen molar-refractivity contribution in [3.05, 3.63) is 11.5 Å². The Morgan fingerprint density at radius 1 is 1.09 bits per heavy atom. The highest BCUT2D eigenvalue weighted by Crippen LogP contribution is 2.29. The summed E-state index contributed by atoms with van der Waals surface area (Å²) in [6.45, 7) is 0.824. The number of cyclic esters (lactones) is 1. The van der Waals surface area contributed by atoms with Gasteiger partial charge in [0.1, 0.15) is 37.1 Å². The van der Waals surface area contributed by atoms with E-state index in [1.165, 1.54) is 0 Å². The standard InChI is InChI=1S/C20H32O12/c1-2-3-4-5-6-7-12(23)29-9-10(22)17-16(27)18(19(28)31-17)32-20-15(26)14(25)13(24)11(8-21)30-20/h10-11,13-15,17,20-22,24-27H,2-9H2,1H3/t10-,11?,13+,14?,15-,17+,20-/m0/s1. The first-order valence-electron chi connectivity index (χ1n) is 10.7. The molecule has 0 radical (unpaired) electrons. The molecule has 0 bridgehead atoms. The van der Waals surface area contributed by atoms with Crippen LogP contribution in [0.3, 0.4) is 0 Å². The van der Waals surface area contributed by atoms with Crippen LogP contribution in [0.25, 0.3) is 0 Å². The molecule has 7 atom stereocenters. The van der Waals surface area contributed by atoms with E-state index in [1.807, 2.05) is 0 Å². The van der Waals surface area contributed by atoms with Gasteiger partial charge in [0.15, 0.2) is 11.9 Å². The maximum atomic E-state index is 12.1. The van der Waals surface area contributed by atoms with Gasteiger partial charge in [-0.05, 0) is 6.42 Å². The molecule has 2 aliphatic rings. The fourth-order valence-electron chi connectivity index (χ4n) is 3.32. The zero-order valence-corrected chi connectivity index (χ0v) is 17.8. The van der Waals surface area contributed by atoms with Crippen LogP contribution in [-0.2, 0) is 28.5 Å². The molecule has 1 fully saturated rings. The van der Waals surface area contributed by atoms with Crippen molar-refractivity contribution >= 4 is 11.9 Å². The minimum absolute atomic E-state index is 0.175. The zero-order chi connectivity index (χ0) is 23.8. The first-order valence-corrected chi connectivity index (χ1v) is 10.7. The molecular formula is C20H32O12. The quantitative estimate of drug-likeness (QED) is 0.149. The van der Waals surface area contributed by atoms with Gasteiger partial charge in [-0.25, -0.2) is 4.79 Å². The molecule has 0 aliphatic carbocycles. The summed E-state index contributed by atoms with van der Waals surface area (Å²) in [6.07, 6.45) is -6.51. The van der Waals surface area contributed by atoms with Crippen LogP contribution in [0.4, 0.5) is 0 Å². The molecular weight excluding hydrogens is 432 g/mol. The lowest BCUT2D eigenvalue weighted by Crippen LogP contribution is -2.59. The average molecular weight is 464 g/mol. The molecule has 2 aliphatic heterocycles. The van der Waals surface area contributed by atoms with E-state index in [0.717, 1.165) is 25.7 Å². The summed E-state index contributed by atoms with van der Waals surface area (Å²) in [7, 11) is 0. The number of esters is 2. The molecule has 2 unspecified atom stereocenters. The Balaban J connectivity index is 1.90. The van der Waals surface area contributed by atoms with Crippen molar-refractivity contribution in [2.24, 2.45) is 0 Å². The summed E-state index contributed by atoms with van der Waals surface area (Å²) in [5.74, 6) is -3.34. The van der Waals surface area contributed by atoms with Gasteiger partial charge in [0.25, 0.3) is 0 Å². The topological polar surface area (TPSA) is 192 Å². The summed E-state index contributed by atoms with van der Waals surface area (Å²) in [5, 5.41) is 59.2. The lowest BCUT2D eigenvalue weighted by atomic mass is 9.99. The van der Waals surface area contributed by atoms with E-state index in [1.54, 1.807) is 0 Å². The van der Waals surface area contributed by atoms with E-state index in [2.05, 4.69) is 6.92 Å². The molecule has 2 heterocycles. The summed E-state index contributed by atoms with van der Waals surface area (Å²) < 4.78 is 20.0. The Kier molecular flexibility index (Phi) is 10.1. The van der Waals surface area contributed by atoms with E-state index in [9.17, 15) is 40.2 Å². The van der Waals surface area contributed by atoms with Gasteiger partial charge in [-0.1, -0.05) is 32.6 Å². The number of aliphatic hydroxyl groups is 6. The molecule has 32 heavy (non-hydrogen) atoms. The smallest absolute Gasteiger partial charge is 0.378 e. The van der Waals surface area contributed by atoms with E-state index in [-0.39, 0.29) is 6.42 Å². The number of hydrogen-bond acceptors (Lipinski definition) is 12. The maximum Gasteiger partial charge on any atom is 0.378 e. The van der Waals surface area contributed by atoms with Gasteiger partial charge in [0.2, 0.25) is 12.0 Å². The van der Waals surface area contributed by atoms with Gasteiger partial charge in [0, 0.05) is 6.42 Å². The number of hydrogen-bond donors (Lipinski definition) is 6. The fraction of sp³-hybridized carbons (Fsp3) is 0.800. The van der Waals surface area contributed by atoms with Gasteiger partial charge in [-0.15, -0.1) is 0 Å². The minimum Gasteiger partial charge on any atom is -0.505 e. The van der Waals surface area contributed by atoms with Crippen LogP contribution in [0, 0.1) is 0 Å². The predicted octanol–water partition coefficient (Wildman–Crippen LogP) is -1.24. The number of carbonyl (C=O) groups is 2. The Bertz CT molecular complexity index is 663.